The first-order valence-electron chi connectivity index (χ1n) is 3.43. The molecule has 0 amide bonds. The smallest absolute Gasteiger partial charge is 0.336 e. The first kappa shape index (κ1) is 24.4. The maximum absolute atomic E-state index is 10.3. The van der Waals surface area contributed by atoms with Gasteiger partial charge >= 0.3 is 17.9 Å². The number of carbonyl (C=O) groups is 3. The lowest BCUT2D eigenvalue weighted by Crippen LogP contribution is -2.42. The van der Waals surface area contributed by atoms with Crippen LogP contribution in [0.25, 0.3) is 0 Å². The average molecular weight is 259 g/mol. The number of nitrogens with two attached hydrogens (primary N) is 1. The maximum atomic E-state index is 10.3. The van der Waals surface area contributed by atoms with Crippen LogP contribution in [0.15, 0.2) is 0 Å². The zero-order chi connectivity index (χ0) is 12.6. The van der Waals surface area contributed by atoms with E-state index in [1.807, 2.05) is 0 Å². The molecule has 0 atom stereocenters. The normalized spacial score (nSPS) is 8.65. The number of hydrogen-bond acceptors (Lipinski definition) is 8. The summed E-state index contributed by atoms with van der Waals surface area (Å²) in [6.07, 6.45) is -2.29. The van der Waals surface area contributed by atoms with E-state index in [-0.39, 0.29) is 12.3 Å². The highest BCUT2D eigenvalue weighted by Crippen LogP contribution is 2.15. The van der Waals surface area contributed by atoms with Crippen LogP contribution in [0.5, 0.6) is 0 Å². The molecule has 0 saturated heterocycles. The molecule has 0 aliphatic heterocycles. The lowest BCUT2D eigenvalue weighted by molar-refractivity contribution is -0.170. The molecule has 0 aromatic rings. The van der Waals surface area contributed by atoms with Gasteiger partial charge in [0.2, 0.25) is 0 Å². The molecule has 11 nitrogen and oxygen atoms in total. The Bertz CT molecular complexity index is 240. The zero-order valence-corrected chi connectivity index (χ0v) is 8.87. The summed E-state index contributed by atoms with van der Waals surface area (Å²) in [5.41, 5.74) is -2.74. The Morgan fingerprint density at radius 3 is 1.24 bits per heavy atom. The van der Waals surface area contributed by atoms with Crippen molar-refractivity contribution in [1.82, 2.24) is 12.3 Å². The first-order valence-corrected chi connectivity index (χ1v) is 3.43. The number of carboxylic acids is 3. The molecule has 0 heterocycles. The minimum atomic E-state index is -2.74. The molecule has 0 unspecified atom stereocenters. The van der Waals surface area contributed by atoms with Crippen molar-refractivity contribution in [1.29, 1.82) is 0 Å². The van der Waals surface area contributed by atoms with Crippen LogP contribution in [0, 0.1) is 0 Å². The van der Waals surface area contributed by atoms with Crippen LogP contribution < -0.4 is 18.2 Å². The van der Waals surface area contributed by atoms with E-state index in [9.17, 15) is 14.4 Å². The minimum Gasteiger partial charge on any atom is -0.481 e. The summed E-state index contributed by atoms with van der Waals surface area (Å²) in [7, 11) is 0. The molecule has 17 heavy (non-hydrogen) atoms. The highest BCUT2D eigenvalue weighted by atomic mass is 16.4. The van der Waals surface area contributed by atoms with Gasteiger partial charge in [0.15, 0.2) is 5.60 Å². The standard InChI is InChI=1S/C6H8O7.H3NO.2H3N/c7-3(8)1-6(13,5(11)12)2-4(9)10;1-2;;/h13H,1-2H2,(H,7,8)(H,9,10)(H,11,12);2H,1H2;2*1H3. The van der Waals surface area contributed by atoms with Crippen molar-refractivity contribution in [3.8, 4) is 0 Å². The van der Waals surface area contributed by atoms with Crippen LogP contribution in [0.3, 0.4) is 0 Å². The van der Waals surface area contributed by atoms with Crippen molar-refractivity contribution in [3.63, 3.8) is 0 Å². The molecular formula is C6H17N3O8. The molecule has 0 spiro atoms. The average Bonchev–Trinajstić information content (AvgIpc) is 2.04. The molecule has 104 valence electrons. The largest absolute Gasteiger partial charge is 0.481 e. The zero-order valence-electron chi connectivity index (χ0n) is 8.87. The molecule has 11 heteroatoms. The van der Waals surface area contributed by atoms with E-state index in [0.29, 0.717) is 0 Å². The number of aliphatic carboxylic acids is 3. The molecule has 0 aliphatic rings. The van der Waals surface area contributed by atoms with Crippen molar-refractivity contribution in [3.05, 3.63) is 0 Å². The van der Waals surface area contributed by atoms with Gasteiger partial charge in [-0.25, -0.2) is 10.7 Å². The van der Waals surface area contributed by atoms with Crippen LogP contribution >= 0.6 is 0 Å². The van der Waals surface area contributed by atoms with E-state index < -0.39 is 36.4 Å². The van der Waals surface area contributed by atoms with Crippen molar-refractivity contribution in [2.45, 2.75) is 18.4 Å². The molecule has 0 aliphatic carbocycles. The molecular weight excluding hydrogens is 242 g/mol. The topological polar surface area (TPSA) is 248 Å². The Labute approximate surface area is 95.6 Å². The molecule has 0 aromatic carbocycles. The van der Waals surface area contributed by atoms with E-state index in [1.54, 1.807) is 0 Å². The van der Waals surface area contributed by atoms with E-state index in [0.717, 1.165) is 0 Å². The van der Waals surface area contributed by atoms with Crippen LogP contribution in [0.1, 0.15) is 12.8 Å². The second kappa shape index (κ2) is 10.7. The van der Waals surface area contributed by atoms with Gasteiger partial charge in [0.1, 0.15) is 0 Å². The summed E-state index contributed by atoms with van der Waals surface area (Å²) in [6.45, 7) is 0. The number of carboxylic acid groups (broad SMARTS) is 3. The highest BCUT2D eigenvalue weighted by Gasteiger charge is 2.40. The van der Waals surface area contributed by atoms with E-state index in [1.165, 1.54) is 0 Å². The number of aliphatic hydroxyl groups is 1. The lowest BCUT2D eigenvalue weighted by atomic mass is 9.96. The first-order chi connectivity index (χ1) is 6.78. The van der Waals surface area contributed by atoms with Gasteiger partial charge in [-0.3, -0.25) is 9.59 Å². The minimum absolute atomic E-state index is 0. The fraction of sp³-hybridized carbons (Fsp3) is 0.500. The SMILES string of the molecule is N.N.NO.O=C(O)CC(O)(CC(=O)O)C(=O)O. The van der Waals surface area contributed by atoms with Gasteiger partial charge in [-0.2, -0.15) is 0 Å². The molecule has 0 aromatic heterocycles. The predicted molar refractivity (Wildman–Crippen MR) is 53.1 cm³/mol. The van der Waals surface area contributed by atoms with Gasteiger partial charge in [0.25, 0.3) is 0 Å². The maximum Gasteiger partial charge on any atom is 0.336 e. The van der Waals surface area contributed by atoms with Crippen LogP contribution in [-0.4, -0.2) is 49.1 Å². The quantitative estimate of drug-likeness (QED) is 0.261. The van der Waals surface area contributed by atoms with Gasteiger partial charge in [0.05, 0.1) is 12.8 Å². The van der Waals surface area contributed by atoms with E-state index in [4.69, 9.17) is 25.6 Å². The van der Waals surface area contributed by atoms with E-state index in [2.05, 4.69) is 5.90 Å². The Kier molecular flexibility index (Phi) is 15.4. The van der Waals surface area contributed by atoms with Crippen LogP contribution in [-0.2, 0) is 14.4 Å². The van der Waals surface area contributed by atoms with Gasteiger partial charge in [-0.05, 0) is 0 Å². The summed E-state index contributed by atoms with van der Waals surface area (Å²) in [6, 6.07) is 0. The molecule has 13 N–H and O–H groups in total. The molecule has 0 bridgehead atoms. The monoisotopic (exact) mass is 259 g/mol. The Morgan fingerprint density at radius 2 is 1.12 bits per heavy atom. The highest BCUT2D eigenvalue weighted by molar-refractivity contribution is 5.88. The lowest BCUT2D eigenvalue weighted by Gasteiger charge is -2.18. The second-order valence-corrected chi connectivity index (χ2v) is 2.48. The third-order valence-corrected chi connectivity index (χ3v) is 1.29. The fourth-order valence-corrected chi connectivity index (χ4v) is 0.714. The predicted octanol–water partition coefficient (Wildman–Crippen LogP) is -1.59. The van der Waals surface area contributed by atoms with Gasteiger partial charge < -0.3 is 37.9 Å². The summed E-state index contributed by atoms with van der Waals surface area (Å²) < 4.78 is 0. The van der Waals surface area contributed by atoms with Gasteiger partial charge in [-0.1, -0.05) is 0 Å². The summed E-state index contributed by atoms with van der Waals surface area (Å²) in [5.74, 6) is -1.52. The summed E-state index contributed by atoms with van der Waals surface area (Å²) in [5, 5.41) is 40.3. The second-order valence-electron chi connectivity index (χ2n) is 2.48. The summed E-state index contributed by atoms with van der Waals surface area (Å²) >= 11 is 0. The summed E-state index contributed by atoms with van der Waals surface area (Å²) in [4.78, 5) is 30.5. The Balaban J connectivity index is -0.000000199. The van der Waals surface area contributed by atoms with Crippen LogP contribution in [0.2, 0.25) is 0 Å². The number of hydrogen-bond donors (Lipinski definition) is 8. The molecule has 0 rings (SSSR count). The van der Waals surface area contributed by atoms with Crippen molar-refractivity contribution < 1.29 is 40.0 Å². The van der Waals surface area contributed by atoms with Crippen molar-refractivity contribution >= 4 is 17.9 Å². The molecule has 0 saturated carbocycles. The van der Waals surface area contributed by atoms with Crippen LogP contribution in [0.4, 0.5) is 0 Å². The fourth-order valence-electron chi connectivity index (χ4n) is 0.714. The third-order valence-electron chi connectivity index (χ3n) is 1.29. The van der Waals surface area contributed by atoms with Crippen molar-refractivity contribution in [2.75, 3.05) is 0 Å². The van der Waals surface area contributed by atoms with Gasteiger partial charge in [-0.15, -0.1) is 0 Å². The van der Waals surface area contributed by atoms with Gasteiger partial charge in [0, 0.05) is 0 Å². The van der Waals surface area contributed by atoms with E-state index >= 15 is 0 Å². The third kappa shape index (κ3) is 10.5. The van der Waals surface area contributed by atoms with Crippen molar-refractivity contribution in [2.24, 2.45) is 5.90 Å². The molecule has 0 fully saturated rings. The Morgan fingerprint density at radius 1 is 0.882 bits per heavy atom. The number of rotatable bonds is 5. The molecule has 0 radical (unpaired) electrons. The Hall–Kier alpha value is -1.79.